The molecule has 0 spiro atoms. The Kier molecular flexibility index (Phi) is 4.52. The Morgan fingerprint density at radius 1 is 1.47 bits per heavy atom. The van der Waals surface area contributed by atoms with E-state index in [9.17, 15) is 9.90 Å². The Morgan fingerprint density at radius 3 is 2.41 bits per heavy atom. The number of likely N-dealkylation sites (N-methyl/N-ethyl adjacent to an activating group) is 1. The van der Waals surface area contributed by atoms with Crippen molar-refractivity contribution in [2.45, 2.75) is 32.3 Å². The molecule has 1 rings (SSSR count). The van der Waals surface area contributed by atoms with Gasteiger partial charge in [0.15, 0.2) is 0 Å². The number of carbonyl (C=O) groups is 1. The van der Waals surface area contributed by atoms with Crippen LogP contribution in [0.4, 0.5) is 0 Å². The highest BCUT2D eigenvalue weighted by molar-refractivity contribution is 5.83. The van der Waals surface area contributed by atoms with Crippen LogP contribution in [-0.2, 0) is 9.53 Å². The van der Waals surface area contributed by atoms with Gasteiger partial charge in [0.1, 0.15) is 0 Å². The Morgan fingerprint density at radius 2 is 2.00 bits per heavy atom. The molecule has 5 heteroatoms. The summed E-state index contributed by atoms with van der Waals surface area (Å²) in [6.07, 6.45) is 1.33. The first-order valence-corrected chi connectivity index (χ1v) is 6.06. The second kappa shape index (κ2) is 5.33. The minimum atomic E-state index is -0.884. The highest BCUT2D eigenvalue weighted by Crippen LogP contribution is 2.31. The van der Waals surface area contributed by atoms with Gasteiger partial charge in [-0.2, -0.15) is 0 Å². The SMILES string of the molecule is CN(CC(C)(C)O)C(=O)C1(CN)CCOCC1. The quantitative estimate of drug-likeness (QED) is 0.728. The van der Waals surface area contributed by atoms with Crippen LogP contribution in [0.15, 0.2) is 0 Å². The van der Waals surface area contributed by atoms with Crippen LogP contribution in [0.2, 0.25) is 0 Å². The van der Waals surface area contributed by atoms with Gasteiger partial charge in [0.2, 0.25) is 5.91 Å². The maximum atomic E-state index is 12.4. The van der Waals surface area contributed by atoms with Crippen molar-refractivity contribution in [3.8, 4) is 0 Å². The molecule has 0 aromatic rings. The normalized spacial score (nSPS) is 20.1. The van der Waals surface area contributed by atoms with Gasteiger partial charge in [-0.25, -0.2) is 0 Å². The van der Waals surface area contributed by atoms with E-state index in [1.165, 1.54) is 0 Å². The number of aliphatic hydroxyl groups is 1. The molecule has 0 aromatic carbocycles. The average molecular weight is 244 g/mol. The molecular weight excluding hydrogens is 220 g/mol. The molecule has 1 aliphatic rings. The van der Waals surface area contributed by atoms with Gasteiger partial charge < -0.3 is 20.5 Å². The number of hydrogen-bond acceptors (Lipinski definition) is 4. The Labute approximate surface area is 103 Å². The van der Waals surface area contributed by atoms with Crippen LogP contribution in [0.3, 0.4) is 0 Å². The summed E-state index contributed by atoms with van der Waals surface area (Å²) < 4.78 is 5.28. The number of nitrogens with two attached hydrogens (primary N) is 1. The lowest BCUT2D eigenvalue weighted by Gasteiger charge is -2.39. The van der Waals surface area contributed by atoms with Crippen LogP contribution in [0.5, 0.6) is 0 Å². The molecule has 1 fully saturated rings. The fourth-order valence-electron chi connectivity index (χ4n) is 2.32. The van der Waals surface area contributed by atoms with E-state index in [1.807, 2.05) is 0 Å². The van der Waals surface area contributed by atoms with Crippen molar-refractivity contribution in [1.82, 2.24) is 4.90 Å². The number of amides is 1. The molecule has 0 bridgehead atoms. The van der Waals surface area contributed by atoms with Gasteiger partial charge in [-0.15, -0.1) is 0 Å². The van der Waals surface area contributed by atoms with Crippen molar-refractivity contribution in [3.63, 3.8) is 0 Å². The molecule has 0 unspecified atom stereocenters. The second-order valence-electron chi connectivity index (χ2n) is 5.57. The van der Waals surface area contributed by atoms with E-state index >= 15 is 0 Å². The summed E-state index contributed by atoms with van der Waals surface area (Å²) in [5.41, 5.74) is 4.39. The van der Waals surface area contributed by atoms with E-state index in [-0.39, 0.29) is 5.91 Å². The van der Waals surface area contributed by atoms with Gasteiger partial charge in [0.05, 0.1) is 11.0 Å². The van der Waals surface area contributed by atoms with E-state index in [4.69, 9.17) is 10.5 Å². The van der Waals surface area contributed by atoms with Gasteiger partial charge in [-0.1, -0.05) is 0 Å². The van der Waals surface area contributed by atoms with Gasteiger partial charge in [-0.05, 0) is 26.7 Å². The van der Waals surface area contributed by atoms with Gasteiger partial charge in [0, 0.05) is 33.4 Å². The van der Waals surface area contributed by atoms with E-state index in [1.54, 1.807) is 25.8 Å². The predicted octanol–water partition coefficient (Wildman–Crippen LogP) is -0.0288. The predicted molar refractivity (Wildman–Crippen MR) is 65.5 cm³/mol. The molecule has 1 aliphatic heterocycles. The largest absolute Gasteiger partial charge is 0.389 e. The van der Waals surface area contributed by atoms with Gasteiger partial charge >= 0.3 is 0 Å². The summed E-state index contributed by atoms with van der Waals surface area (Å²) in [7, 11) is 1.72. The number of rotatable bonds is 4. The molecule has 1 saturated heterocycles. The summed E-state index contributed by atoms with van der Waals surface area (Å²) in [5, 5.41) is 9.74. The van der Waals surface area contributed by atoms with Crippen molar-refractivity contribution in [2.75, 3.05) is 33.4 Å². The first-order valence-electron chi connectivity index (χ1n) is 6.06. The number of hydrogen-bond donors (Lipinski definition) is 2. The third kappa shape index (κ3) is 3.66. The van der Waals surface area contributed by atoms with Crippen LogP contribution in [-0.4, -0.2) is 54.9 Å². The van der Waals surface area contributed by atoms with Crippen molar-refractivity contribution in [3.05, 3.63) is 0 Å². The van der Waals surface area contributed by atoms with Crippen molar-refractivity contribution >= 4 is 5.91 Å². The zero-order valence-corrected chi connectivity index (χ0v) is 11.0. The molecule has 0 radical (unpaired) electrons. The maximum Gasteiger partial charge on any atom is 0.230 e. The maximum absolute atomic E-state index is 12.4. The Bertz CT molecular complexity index is 267. The molecule has 17 heavy (non-hydrogen) atoms. The van der Waals surface area contributed by atoms with Crippen LogP contribution in [0.25, 0.3) is 0 Å². The van der Waals surface area contributed by atoms with Gasteiger partial charge in [0.25, 0.3) is 0 Å². The standard InChI is InChI=1S/C12H24N2O3/c1-11(2,16)9-14(3)10(15)12(8-13)4-6-17-7-5-12/h16H,4-9,13H2,1-3H3. The second-order valence-corrected chi connectivity index (χ2v) is 5.57. The van der Waals surface area contributed by atoms with E-state index < -0.39 is 11.0 Å². The zero-order valence-electron chi connectivity index (χ0n) is 11.0. The monoisotopic (exact) mass is 244 g/mol. The average Bonchev–Trinajstić information content (AvgIpc) is 2.26. The molecule has 3 N–H and O–H groups in total. The number of carbonyl (C=O) groups excluding carboxylic acids is 1. The zero-order chi connectivity index (χ0) is 13.1. The molecule has 1 amide bonds. The Balaban J connectivity index is 2.71. The minimum Gasteiger partial charge on any atom is -0.389 e. The number of nitrogens with zero attached hydrogens (tertiary/aromatic N) is 1. The summed E-state index contributed by atoms with van der Waals surface area (Å²) in [6.45, 7) is 5.20. The lowest BCUT2D eigenvalue weighted by atomic mass is 9.79. The topological polar surface area (TPSA) is 75.8 Å². The summed E-state index contributed by atoms with van der Waals surface area (Å²) >= 11 is 0. The highest BCUT2D eigenvalue weighted by atomic mass is 16.5. The third-order valence-electron chi connectivity index (χ3n) is 3.27. The van der Waals surface area contributed by atoms with E-state index in [2.05, 4.69) is 0 Å². The minimum absolute atomic E-state index is 0.0189. The van der Waals surface area contributed by atoms with Crippen molar-refractivity contribution < 1.29 is 14.6 Å². The lowest BCUT2D eigenvalue weighted by molar-refractivity contribution is -0.148. The molecule has 0 aromatic heterocycles. The van der Waals surface area contributed by atoms with E-state index in [0.717, 1.165) is 0 Å². The van der Waals surface area contributed by atoms with Gasteiger partial charge in [-0.3, -0.25) is 4.79 Å². The molecule has 100 valence electrons. The highest BCUT2D eigenvalue weighted by Gasteiger charge is 2.41. The van der Waals surface area contributed by atoms with Crippen LogP contribution in [0.1, 0.15) is 26.7 Å². The fourth-order valence-corrected chi connectivity index (χ4v) is 2.32. The third-order valence-corrected chi connectivity index (χ3v) is 3.27. The van der Waals surface area contributed by atoms with Crippen LogP contribution in [0, 0.1) is 5.41 Å². The summed E-state index contributed by atoms with van der Waals surface area (Å²) in [6, 6.07) is 0. The van der Waals surface area contributed by atoms with E-state index in [0.29, 0.717) is 39.1 Å². The number of ether oxygens (including phenoxy) is 1. The van der Waals surface area contributed by atoms with Crippen molar-refractivity contribution in [1.29, 1.82) is 0 Å². The molecule has 0 aliphatic carbocycles. The first kappa shape index (κ1) is 14.4. The fraction of sp³-hybridized carbons (Fsp3) is 0.917. The lowest BCUT2D eigenvalue weighted by Crippen LogP contribution is -2.52. The summed E-state index contributed by atoms with van der Waals surface area (Å²) in [5.74, 6) is 0.0189. The first-order chi connectivity index (χ1) is 7.81. The van der Waals surface area contributed by atoms with Crippen LogP contribution >= 0.6 is 0 Å². The molecular formula is C12H24N2O3. The summed E-state index contributed by atoms with van der Waals surface area (Å²) in [4.78, 5) is 14.0. The Hall–Kier alpha value is -0.650. The molecule has 0 saturated carbocycles. The van der Waals surface area contributed by atoms with Crippen LogP contribution < -0.4 is 5.73 Å². The van der Waals surface area contributed by atoms with Crippen molar-refractivity contribution in [2.24, 2.45) is 11.1 Å². The molecule has 1 heterocycles. The molecule has 0 atom stereocenters. The smallest absolute Gasteiger partial charge is 0.230 e. The molecule has 5 nitrogen and oxygen atoms in total.